The van der Waals surface area contributed by atoms with Crippen LogP contribution >= 0.6 is 0 Å². The quantitative estimate of drug-likeness (QED) is 0.425. The predicted octanol–water partition coefficient (Wildman–Crippen LogP) is 0.819. The van der Waals surface area contributed by atoms with Gasteiger partial charge in [-0.1, -0.05) is 0 Å². The van der Waals surface area contributed by atoms with E-state index in [1.54, 1.807) is 0 Å². The van der Waals surface area contributed by atoms with Gasteiger partial charge < -0.3 is 19.6 Å². The molecule has 0 nitrogen and oxygen atoms in total. The molecule has 0 fully saturated rings. The van der Waals surface area contributed by atoms with Crippen LogP contribution in [0, 0.1) is 13.5 Å². The van der Waals surface area contributed by atoms with Crippen molar-refractivity contribution in [3.05, 3.63) is 19.6 Å². The van der Waals surface area contributed by atoms with Gasteiger partial charge in [0.2, 0.25) is 0 Å². The van der Waals surface area contributed by atoms with Crippen molar-refractivity contribution in [1.82, 2.24) is 0 Å². The fraction of sp³-hybridized carbons (Fsp3) is 0.250. The zero-order chi connectivity index (χ0) is 3.41. The second kappa shape index (κ2) is 9.00. The Kier molecular flexibility index (Phi) is 17.2. The molecule has 24 valence electrons. The van der Waals surface area contributed by atoms with E-state index in [-0.39, 0.29) is 48.9 Å². The van der Waals surface area contributed by atoms with Crippen molar-refractivity contribution in [1.29, 1.82) is 0 Å². The molecule has 1 heteroatoms. The van der Waals surface area contributed by atoms with Crippen molar-refractivity contribution in [2.45, 2.75) is 6.42 Å². The minimum Gasteiger partial charge on any atom is -0.520 e. The van der Waals surface area contributed by atoms with Gasteiger partial charge >= 0.3 is 48.9 Å². The van der Waals surface area contributed by atoms with Gasteiger partial charge in [0, 0.05) is 0 Å². The van der Waals surface area contributed by atoms with E-state index in [4.69, 9.17) is 6.58 Å². The van der Waals surface area contributed by atoms with Gasteiger partial charge in [0.25, 0.3) is 0 Å². The second-order valence-electron chi connectivity index (χ2n) is 0.524. The molecule has 0 aliphatic heterocycles. The zero-order valence-electron chi connectivity index (χ0n) is 3.28. The van der Waals surface area contributed by atoms with Crippen molar-refractivity contribution in [3.63, 3.8) is 0 Å². The van der Waals surface area contributed by atoms with E-state index in [0.717, 1.165) is 6.42 Å². The molecule has 0 rings (SSSR count). The standard InChI is InChI=1S/C4H6.Ba/c1-3-4-2;/h1,3H,2,4H2;/q-2;+2. The first-order chi connectivity index (χ1) is 1.91. The number of hydrogen-bond donors (Lipinski definition) is 0. The predicted molar refractivity (Wildman–Crippen MR) is 24.6 cm³/mol. The Hall–Kier alpha value is 1.31. The van der Waals surface area contributed by atoms with Gasteiger partial charge in [0.15, 0.2) is 0 Å². The summed E-state index contributed by atoms with van der Waals surface area (Å²) in [5, 5.41) is 0. The van der Waals surface area contributed by atoms with E-state index in [1.807, 2.05) is 0 Å². The van der Waals surface area contributed by atoms with Crippen molar-refractivity contribution >= 4 is 48.9 Å². The van der Waals surface area contributed by atoms with Crippen LogP contribution in [-0.2, 0) is 0 Å². The summed E-state index contributed by atoms with van der Waals surface area (Å²) in [6.07, 6.45) is 2.24. The average Bonchev–Trinajstić information content (AvgIpc) is 1.37. The van der Waals surface area contributed by atoms with E-state index in [0.29, 0.717) is 0 Å². The molecule has 0 spiro atoms. The summed E-state index contributed by atoms with van der Waals surface area (Å²) >= 11 is 0. The summed E-state index contributed by atoms with van der Waals surface area (Å²) < 4.78 is 0. The molecule has 0 heterocycles. The third-order valence-electron chi connectivity index (χ3n) is 0.167. The van der Waals surface area contributed by atoms with Gasteiger partial charge in [-0.2, -0.15) is 6.42 Å². The Morgan fingerprint density at radius 3 is 2.00 bits per heavy atom. The monoisotopic (exact) mass is 192 g/mol. The fourth-order valence-electron chi connectivity index (χ4n) is 0. The summed E-state index contributed by atoms with van der Waals surface area (Å²) in [5.74, 6) is 0. The van der Waals surface area contributed by atoms with Crippen LogP contribution in [0.25, 0.3) is 0 Å². The van der Waals surface area contributed by atoms with E-state index >= 15 is 0 Å². The van der Waals surface area contributed by atoms with Crippen LogP contribution in [0.2, 0.25) is 0 Å². The SMILES string of the molecule is [Ba+2].[CH-]=CC[CH2-]. The van der Waals surface area contributed by atoms with Crippen molar-refractivity contribution in [2.24, 2.45) is 0 Å². The fourth-order valence-corrected chi connectivity index (χ4v) is 0. The molecular weight excluding hydrogens is 185 g/mol. The molecule has 0 aliphatic carbocycles. The summed E-state index contributed by atoms with van der Waals surface area (Å²) in [6.45, 7) is 8.26. The molecule has 0 aromatic rings. The molecule has 0 aromatic heterocycles. The topological polar surface area (TPSA) is 0 Å². The maximum absolute atomic E-state index is 4.84. The molecule has 0 radical (unpaired) electrons. The normalized spacial score (nSPS) is 5.00. The summed E-state index contributed by atoms with van der Waals surface area (Å²) in [4.78, 5) is 0. The van der Waals surface area contributed by atoms with Gasteiger partial charge in [0.1, 0.15) is 0 Å². The van der Waals surface area contributed by atoms with Crippen LogP contribution in [0.15, 0.2) is 6.08 Å². The molecule has 0 amide bonds. The first-order valence-electron chi connectivity index (χ1n) is 1.24. The Morgan fingerprint density at radius 2 is 2.00 bits per heavy atom. The van der Waals surface area contributed by atoms with Crippen molar-refractivity contribution in [2.75, 3.05) is 0 Å². The molecule has 0 unspecified atom stereocenters. The average molecular weight is 191 g/mol. The second-order valence-corrected chi connectivity index (χ2v) is 0.524. The van der Waals surface area contributed by atoms with E-state index in [1.165, 1.54) is 6.08 Å². The van der Waals surface area contributed by atoms with Gasteiger partial charge in [-0.25, -0.2) is 0 Å². The van der Waals surface area contributed by atoms with Gasteiger partial charge in [0.05, 0.1) is 0 Å². The van der Waals surface area contributed by atoms with Crippen LogP contribution in [0.1, 0.15) is 6.42 Å². The number of hydrogen-bond acceptors (Lipinski definition) is 0. The first kappa shape index (κ1) is 9.58. The van der Waals surface area contributed by atoms with E-state index < -0.39 is 0 Å². The molecule has 0 saturated heterocycles. The maximum Gasteiger partial charge on any atom is 2.00 e. The molecule has 0 saturated carbocycles. The van der Waals surface area contributed by atoms with Crippen LogP contribution in [0.5, 0.6) is 0 Å². The van der Waals surface area contributed by atoms with Crippen LogP contribution < -0.4 is 0 Å². The van der Waals surface area contributed by atoms with E-state index in [9.17, 15) is 0 Å². The van der Waals surface area contributed by atoms with Gasteiger partial charge in [-0.05, 0) is 0 Å². The van der Waals surface area contributed by atoms with Crippen molar-refractivity contribution in [3.8, 4) is 0 Å². The number of rotatable bonds is 1. The zero-order valence-corrected chi connectivity index (χ0v) is 7.72. The Balaban J connectivity index is 0. The minimum absolute atomic E-state index is 0. The Morgan fingerprint density at radius 1 is 1.80 bits per heavy atom. The molecule has 5 heavy (non-hydrogen) atoms. The third-order valence-corrected chi connectivity index (χ3v) is 0.167. The Labute approximate surface area is 73.7 Å². The molecule has 0 N–H and O–H groups in total. The minimum atomic E-state index is 0. The van der Waals surface area contributed by atoms with Gasteiger partial charge in [-0.3, -0.25) is 0 Å². The number of allylic oxidation sites excluding steroid dienone is 1. The maximum atomic E-state index is 4.84. The molecular formula is C4H6Ba. The molecule has 0 aromatic carbocycles. The molecule has 0 bridgehead atoms. The summed E-state index contributed by atoms with van der Waals surface area (Å²) in [6, 6.07) is 0. The smallest absolute Gasteiger partial charge is 0.520 e. The van der Waals surface area contributed by atoms with Crippen LogP contribution in [0.3, 0.4) is 0 Å². The largest absolute Gasteiger partial charge is 2.00 e. The van der Waals surface area contributed by atoms with Gasteiger partial charge in [-0.15, -0.1) is 0 Å². The summed E-state index contributed by atoms with van der Waals surface area (Å²) in [7, 11) is 0. The third kappa shape index (κ3) is 10.9. The first-order valence-corrected chi connectivity index (χ1v) is 1.24. The Bertz CT molecular complexity index is 17.6. The van der Waals surface area contributed by atoms with Crippen LogP contribution in [0.4, 0.5) is 0 Å². The molecule has 0 aliphatic rings. The van der Waals surface area contributed by atoms with E-state index in [2.05, 4.69) is 6.92 Å². The van der Waals surface area contributed by atoms with Crippen LogP contribution in [-0.4, -0.2) is 48.9 Å². The van der Waals surface area contributed by atoms with Crippen molar-refractivity contribution < 1.29 is 0 Å². The summed E-state index contributed by atoms with van der Waals surface area (Å²) in [5.41, 5.74) is 0. The molecule has 0 atom stereocenters.